The Kier molecular flexibility index (Phi) is 5.36. The minimum atomic E-state index is -0.509. The van der Waals surface area contributed by atoms with E-state index < -0.39 is 11.7 Å². The lowest BCUT2D eigenvalue weighted by Gasteiger charge is -2.24. The summed E-state index contributed by atoms with van der Waals surface area (Å²) in [6.07, 6.45) is -0.397. The highest BCUT2D eigenvalue weighted by Crippen LogP contribution is 2.30. The molecule has 0 saturated carbocycles. The fourth-order valence-electron chi connectivity index (χ4n) is 2.68. The molecule has 6 nitrogen and oxygen atoms in total. The summed E-state index contributed by atoms with van der Waals surface area (Å²) in [5.74, 6) is 1.61. The zero-order valence-electron chi connectivity index (χ0n) is 14.4. The summed E-state index contributed by atoms with van der Waals surface area (Å²) in [5.41, 5.74) is 0.553. The van der Waals surface area contributed by atoms with Gasteiger partial charge in [0.15, 0.2) is 0 Å². The number of ether oxygens (including phenoxy) is 3. The van der Waals surface area contributed by atoms with Crippen molar-refractivity contribution < 1.29 is 19.0 Å². The Morgan fingerprint density at radius 3 is 2.26 bits per heavy atom. The first kappa shape index (κ1) is 17.4. The number of methoxy groups -OCH3 is 2. The molecule has 6 heteroatoms. The zero-order valence-corrected chi connectivity index (χ0v) is 14.4. The molecule has 0 aliphatic carbocycles. The van der Waals surface area contributed by atoms with Gasteiger partial charge < -0.3 is 24.8 Å². The second kappa shape index (κ2) is 7.08. The summed E-state index contributed by atoms with van der Waals surface area (Å²) in [4.78, 5) is 12.0. The van der Waals surface area contributed by atoms with Crippen molar-refractivity contribution in [1.82, 2.24) is 10.6 Å². The molecule has 2 N–H and O–H groups in total. The summed E-state index contributed by atoms with van der Waals surface area (Å²) in [6.45, 7) is 7.03. The largest absolute Gasteiger partial charge is 0.497 e. The van der Waals surface area contributed by atoms with Crippen LogP contribution in [-0.2, 0) is 4.74 Å². The lowest BCUT2D eigenvalue weighted by atomic mass is 9.94. The maximum Gasteiger partial charge on any atom is 0.407 e. The predicted octanol–water partition coefficient (Wildman–Crippen LogP) is 2.28. The highest BCUT2D eigenvalue weighted by atomic mass is 16.6. The van der Waals surface area contributed by atoms with Gasteiger partial charge in [0, 0.05) is 25.1 Å². The molecule has 1 fully saturated rings. The van der Waals surface area contributed by atoms with Crippen LogP contribution in [0.1, 0.15) is 32.3 Å². The third kappa shape index (κ3) is 4.76. The summed E-state index contributed by atoms with van der Waals surface area (Å²) in [6, 6.07) is 5.75. The third-order valence-electron chi connectivity index (χ3n) is 3.72. The number of hydrogen-bond acceptors (Lipinski definition) is 5. The van der Waals surface area contributed by atoms with Crippen LogP contribution in [0.4, 0.5) is 4.79 Å². The van der Waals surface area contributed by atoms with Gasteiger partial charge in [0.05, 0.1) is 20.3 Å². The second-order valence-electron chi connectivity index (χ2n) is 6.66. The van der Waals surface area contributed by atoms with Crippen LogP contribution in [0, 0.1) is 0 Å². The molecule has 2 rings (SSSR count). The monoisotopic (exact) mass is 322 g/mol. The number of hydrogen-bond donors (Lipinski definition) is 2. The van der Waals surface area contributed by atoms with Crippen molar-refractivity contribution in [2.45, 2.75) is 38.3 Å². The molecule has 1 aliphatic rings. The van der Waals surface area contributed by atoms with Gasteiger partial charge in [-0.05, 0) is 38.5 Å². The van der Waals surface area contributed by atoms with Crippen molar-refractivity contribution in [3.63, 3.8) is 0 Å². The van der Waals surface area contributed by atoms with Gasteiger partial charge in [-0.15, -0.1) is 0 Å². The van der Waals surface area contributed by atoms with Gasteiger partial charge in [0.1, 0.15) is 17.1 Å². The molecular weight excluding hydrogens is 296 g/mol. The number of amides is 1. The Hall–Kier alpha value is -1.95. The van der Waals surface area contributed by atoms with Crippen LogP contribution in [-0.4, -0.2) is 45.0 Å². The number of nitrogens with one attached hydrogen (secondary N) is 2. The average molecular weight is 322 g/mol. The van der Waals surface area contributed by atoms with Gasteiger partial charge in [0.2, 0.25) is 0 Å². The predicted molar refractivity (Wildman–Crippen MR) is 88.3 cm³/mol. The van der Waals surface area contributed by atoms with E-state index in [2.05, 4.69) is 10.6 Å². The number of rotatable bonds is 4. The third-order valence-corrected chi connectivity index (χ3v) is 3.72. The highest BCUT2D eigenvalue weighted by molar-refractivity contribution is 5.68. The highest BCUT2D eigenvalue weighted by Gasteiger charge is 2.31. The fourth-order valence-corrected chi connectivity index (χ4v) is 2.68. The Morgan fingerprint density at radius 1 is 1.13 bits per heavy atom. The van der Waals surface area contributed by atoms with Crippen molar-refractivity contribution in [1.29, 1.82) is 0 Å². The SMILES string of the molecule is COc1cc(OC)cc([C@H]2CNC[C@@H]2NC(=O)OC(C)(C)C)c1. The van der Waals surface area contributed by atoms with Crippen molar-refractivity contribution in [2.24, 2.45) is 0 Å². The van der Waals surface area contributed by atoms with E-state index in [0.717, 1.165) is 23.6 Å². The van der Waals surface area contributed by atoms with Crippen LogP contribution in [0.2, 0.25) is 0 Å². The Balaban J connectivity index is 2.14. The standard InChI is InChI=1S/C17H26N2O4/c1-17(2,3)23-16(20)19-15-10-18-9-14(15)11-6-12(21-4)8-13(7-11)22-5/h6-8,14-15,18H,9-10H2,1-5H3,(H,19,20)/t14-,15+/m1/s1. The Labute approximate surface area is 137 Å². The summed E-state index contributed by atoms with van der Waals surface area (Å²) in [7, 11) is 3.25. The van der Waals surface area contributed by atoms with Gasteiger partial charge in [-0.2, -0.15) is 0 Å². The molecule has 0 radical (unpaired) electrons. The summed E-state index contributed by atoms with van der Waals surface area (Å²) in [5, 5.41) is 6.27. The van der Waals surface area contributed by atoms with Gasteiger partial charge in [-0.25, -0.2) is 4.79 Å². The fraction of sp³-hybridized carbons (Fsp3) is 0.588. The molecule has 2 atom stereocenters. The molecule has 0 unspecified atom stereocenters. The minimum Gasteiger partial charge on any atom is -0.497 e. The molecule has 1 saturated heterocycles. The lowest BCUT2D eigenvalue weighted by Crippen LogP contribution is -2.42. The topological polar surface area (TPSA) is 68.8 Å². The average Bonchev–Trinajstić information content (AvgIpc) is 2.92. The number of carbonyl (C=O) groups excluding carboxylic acids is 1. The molecule has 0 spiro atoms. The maximum atomic E-state index is 12.0. The zero-order chi connectivity index (χ0) is 17.0. The van der Waals surface area contributed by atoms with Crippen molar-refractivity contribution in [3.8, 4) is 11.5 Å². The lowest BCUT2D eigenvalue weighted by molar-refractivity contribution is 0.0504. The molecule has 0 bridgehead atoms. The van der Waals surface area contributed by atoms with E-state index in [1.54, 1.807) is 14.2 Å². The first-order chi connectivity index (χ1) is 10.8. The van der Waals surface area contributed by atoms with E-state index in [-0.39, 0.29) is 12.0 Å². The van der Waals surface area contributed by atoms with Gasteiger partial charge in [-0.1, -0.05) is 0 Å². The Morgan fingerprint density at radius 2 is 1.74 bits per heavy atom. The van der Waals surface area contributed by atoms with Crippen LogP contribution >= 0.6 is 0 Å². The number of carbonyl (C=O) groups is 1. The minimum absolute atomic E-state index is 0.0401. The van der Waals surface area contributed by atoms with Crippen LogP contribution in [0.5, 0.6) is 11.5 Å². The van der Waals surface area contributed by atoms with E-state index in [4.69, 9.17) is 14.2 Å². The van der Waals surface area contributed by atoms with E-state index in [0.29, 0.717) is 6.54 Å². The molecule has 1 amide bonds. The number of alkyl carbamates (subject to hydrolysis) is 1. The quantitative estimate of drug-likeness (QED) is 0.890. The van der Waals surface area contributed by atoms with Crippen LogP contribution < -0.4 is 20.1 Å². The molecular formula is C17H26N2O4. The molecule has 23 heavy (non-hydrogen) atoms. The normalized spacial score (nSPS) is 20.9. The number of benzene rings is 1. The smallest absolute Gasteiger partial charge is 0.407 e. The van der Waals surface area contributed by atoms with Gasteiger partial charge >= 0.3 is 6.09 Å². The van der Waals surface area contributed by atoms with Crippen LogP contribution in [0.25, 0.3) is 0 Å². The molecule has 1 aromatic rings. The van der Waals surface area contributed by atoms with Crippen LogP contribution in [0.15, 0.2) is 18.2 Å². The maximum absolute atomic E-state index is 12.0. The van der Waals surface area contributed by atoms with Gasteiger partial charge in [0.25, 0.3) is 0 Å². The first-order valence-corrected chi connectivity index (χ1v) is 7.75. The molecule has 0 aromatic heterocycles. The first-order valence-electron chi connectivity index (χ1n) is 7.75. The van der Waals surface area contributed by atoms with E-state index in [9.17, 15) is 4.79 Å². The second-order valence-corrected chi connectivity index (χ2v) is 6.66. The molecule has 128 valence electrons. The van der Waals surface area contributed by atoms with E-state index >= 15 is 0 Å². The van der Waals surface area contributed by atoms with E-state index in [1.807, 2.05) is 39.0 Å². The molecule has 1 aliphatic heterocycles. The summed E-state index contributed by atoms with van der Waals surface area (Å²) < 4.78 is 16.0. The van der Waals surface area contributed by atoms with Crippen molar-refractivity contribution >= 4 is 6.09 Å². The molecule has 1 aromatic carbocycles. The van der Waals surface area contributed by atoms with Gasteiger partial charge in [-0.3, -0.25) is 0 Å². The molecule has 1 heterocycles. The van der Waals surface area contributed by atoms with Crippen molar-refractivity contribution in [3.05, 3.63) is 23.8 Å². The van der Waals surface area contributed by atoms with Crippen LogP contribution in [0.3, 0.4) is 0 Å². The van der Waals surface area contributed by atoms with Crippen molar-refractivity contribution in [2.75, 3.05) is 27.3 Å². The van der Waals surface area contributed by atoms with E-state index in [1.165, 1.54) is 0 Å². The summed E-state index contributed by atoms with van der Waals surface area (Å²) >= 11 is 0. The Bertz CT molecular complexity index is 532.